The third-order valence-corrected chi connectivity index (χ3v) is 3.42. The van der Waals surface area contributed by atoms with Crippen molar-refractivity contribution in [1.29, 1.82) is 5.26 Å². The molecule has 0 spiro atoms. The van der Waals surface area contributed by atoms with Crippen molar-refractivity contribution < 1.29 is 9.72 Å². The Kier molecular flexibility index (Phi) is 4.20. The molecule has 104 valence electrons. The normalized spacial score (nSPS) is 13.6. The molecule has 1 saturated carbocycles. The zero-order valence-electron chi connectivity index (χ0n) is 10.6. The lowest BCUT2D eigenvalue weighted by atomic mass is 10.1. The van der Waals surface area contributed by atoms with Crippen LogP contribution in [-0.4, -0.2) is 28.3 Å². The van der Waals surface area contributed by atoms with Crippen LogP contribution in [0.4, 0.5) is 5.69 Å². The standard InChI is InChI=1S/C13H12ClN3O3/c14-11-5-2-9(8-12(11)17(19)20)13(18)16(7-1-6-15)10-3-4-10/h2,5,8,10H,1,3-4,7H2. The number of hydrogen-bond donors (Lipinski definition) is 0. The molecule has 1 aliphatic carbocycles. The molecule has 0 aliphatic heterocycles. The number of amides is 1. The molecule has 0 saturated heterocycles. The second kappa shape index (κ2) is 5.88. The summed E-state index contributed by atoms with van der Waals surface area (Å²) in [5.74, 6) is -0.289. The quantitative estimate of drug-likeness (QED) is 0.617. The second-order valence-electron chi connectivity index (χ2n) is 4.56. The van der Waals surface area contributed by atoms with Gasteiger partial charge in [0.15, 0.2) is 0 Å². The molecule has 1 aliphatic rings. The number of carbonyl (C=O) groups is 1. The Labute approximate surface area is 120 Å². The van der Waals surface area contributed by atoms with Crippen molar-refractivity contribution >= 4 is 23.2 Å². The largest absolute Gasteiger partial charge is 0.335 e. The molecule has 0 radical (unpaired) electrons. The first-order valence-electron chi connectivity index (χ1n) is 6.16. The third-order valence-electron chi connectivity index (χ3n) is 3.10. The fourth-order valence-electron chi connectivity index (χ4n) is 1.96. The first-order valence-corrected chi connectivity index (χ1v) is 6.54. The molecule has 1 amide bonds. The van der Waals surface area contributed by atoms with Gasteiger partial charge in [-0.25, -0.2) is 0 Å². The number of nitro groups is 1. The van der Waals surface area contributed by atoms with Gasteiger partial charge in [0.05, 0.1) is 17.4 Å². The van der Waals surface area contributed by atoms with Crippen LogP contribution in [0, 0.1) is 21.4 Å². The predicted molar refractivity (Wildman–Crippen MR) is 72.4 cm³/mol. The summed E-state index contributed by atoms with van der Waals surface area (Å²) in [4.78, 5) is 24.2. The van der Waals surface area contributed by atoms with E-state index >= 15 is 0 Å². The van der Waals surface area contributed by atoms with E-state index in [9.17, 15) is 14.9 Å². The molecule has 7 heteroatoms. The monoisotopic (exact) mass is 293 g/mol. The molecule has 0 atom stereocenters. The number of benzene rings is 1. The zero-order chi connectivity index (χ0) is 14.7. The Bertz CT molecular complexity index is 593. The molecular formula is C13H12ClN3O3. The van der Waals surface area contributed by atoms with Crippen LogP contribution in [0.25, 0.3) is 0 Å². The molecule has 1 fully saturated rings. The molecule has 20 heavy (non-hydrogen) atoms. The maximum absolute atomic E-state index is 12.4. The number of rotatable bonds is 5. The van der Waals surface area contributed by atoms with Crippen molar-refractivity contribution in [3.8, 4) is 6.07 Å². The van der Waals surface area contributed by atoms with Crippen molar-refractivity contribution in [1.82, 2.24) is 4.90 Å². The minimum atomic E-state index is -0.615. The molecular weight excluding hydrogens is 282 g/mol. The number of nitrogens with zero attached hydrogens (tertiary/aromatic N) is 3. The summed E-state index contributed by atoms with van der Waals surface area (Å²) < 4.78 is 0. The highest BCUT2D eigenvalue weighted by Gasteiger charge is 2.33. The van der Waals surface area contributed by atoms with Gasteiger partial charge in [-0.1, -0.05) is 11.6 Å². The van der Waals surface area contributed by atoms with Gasteiger partial charge in [0.25, 0.3) is 11.6 Å². The lowest BCUT2D eigenvalue weighted by Gasteiger charge is -2.21. The third kappa shape index (κ3) is 3.06. The van der Waals surface area contributed by atoms with E-state index in [4.69, 9.17) is 16.9 Å². The maximum atomic E-state index is 12.4. The number of carbonyl (C=O) groups excluding carboxylic acids is 1. The highest BCUT2D eigenvalue weighted by atomic mass is 35.5. The van der Waals surface area contributed by atoms with Crippen molar-refractivity contribution in [2.75, 3.05) is 6.54 Å². The van der Waals surface area contributed by atoms with Crippen LogP contribution in [0.15, 0.2) is 18.2 Å². The van der Waals surface area contributed by atoms with E-state index in [1.807, 2.05) is 6.07 Å². The first kappa shape index (κ1) is 14.3. The summed E-state index contributed by atoms with van der Waals surface area (Å²) in [7, 11) is 0. The van der Waals surface area contributed by atoms with Gasteiger partial charge in [0, 0.05) is 24.2 Å². The molecule has 0 N–H and O–H groups in total. The van der Waals surface area contributed by atoms with E-state index in [1.165, 1.54) is 18.2 Å². The SMILES string of the molecule is N#CCCN(C(=O)c1ccc(Cl)c([N+](=O)[O-])c1)C1CC1. The van der Waals surface area contributed by atoms with Crippen molar-refractivity contribution in [2.24, 2.45) is 0 Å². The summed E-state index contributed by atoms with van der Waals surface area (Å²) >= 11 is 5.72. The lowest BCUT2D eigenvalue weighted by Crippen LogP contribution is -2.33. The van der Waals surface area contributed by atoms with Crippen LogP contribution in [-0.2, 0) is 0 Å². The zero-order valence-corrected chi connectivity index (χ0v) is 11.3. The minimum absolute atomic E-state index is 0.00143. The predicted octanol–water partition coefficient (Wildman–Crippen LogP) is 2.77. The van der Waals surface area contributed by atoms with Crippen LogP contribution in [0.1, 0.15) is 29.6 Å². The summed E-state index contributed by atoms with van der Waals surface area (Å²) in [6.45, 7) is 0.344. The number of hydrogen-bond acceptors (Lipinski definition) is 4. The van der Waals surface area contributed by atoms with Gasteiger partial charge in [-0.05, 0) is 25.0 Å². The van der Waals surface area contributed by atoms with Gasteiger partial charge in [0.2, 0.25) is 0 Å². The van der Waals surface area contributed by atoms with E-state index in [0.717, 1.165) is 12.8 Å². The van der Waals surface area contributed by atoms with Gasteiger partial charge < -0.3 is 4.90 Å². The fraction of sp³-hybridized carbons (Fsp3) is 0.385. The first-order chi connectivity index (χ1) is 9.54. The summed E-state index contributed by atoms with van der Waals surface area (Å²) in [5, 5.41) is 19.5. The van der Waals surface area contributed by atoms with Gasteiger partial charge in [-0.2, -0.15) is 5.26 Å². The minimum Gasteiger partial charge on any atom is -0.335 e. The van der Waals surface area contributed by atoms with Gasteiger partial charge >= 0.3 is 0 Å². The highest BCUT2D eigenvalue weighted by Crippen LogP contribution is 2.30. The highest BCUT2D eigenvalue weighted by molar-refractivity contribution is 6.32. The topological polar surface area (TPSA) is 87.2 Å². The van der Waals surface area contributed by atoms with Crippen molar-refractivity contribution in [3.05, 3.63) is 38.9 Å². The van der Waals surface area contributed by atoms with Crippen LogP contribution in [0.3, 0.4) is 0 Å². The van der Waals surface area contributed by atoms with Gasteiger partial charge in [-0.3, -0.25) is 14.9 Å². The Morgan fingerprint density at radius 2 is 2.25 bits per heavy atom. The average molecular weight is 294 g/mol. The van der Waals surface area contributed by atoms with E-state index in [0.29, 0.717) is 6.54 Å². The molecule has 2 rings (SSSR count). The summed E-state index contributed by atoms with van der Waals surface area (Å²) in [6, 6.07) is 6.15. The van der Waals surface area contributed by atoms with Crippen molar-refractivity contribution in [3.63, 3.8) is 0 Å². The summed E-state index contributed by atoms with van der Waals surface area (Å²) in [6.07, 6.45) is 2.07. The van der Waals surface area contributed by atoms with Crippen LogP contribution < -0.4 is 0 Å². The Hall–Kier alpha value is -2.13. The Balaban J connectivity index is 2.25. The van der Waals surface area contributed by atoms with E-state index < -0.39 is 4.92 Å². The van der Waals surface area contributed by atoms with Crippen LogP contribution in [0.5, 0.6) is 0 Å². The average Bonchev–Trinajstić information content (AvgIpc) is 3.23. The molecule has 0 unspecified atom stereocenters. The van der Waals surface area contributed by atoms with E-state index in [2.05, 4.69) is 0 Å². The second-order valence-corrected chi connectivity index (χ2v) is 4.97. The molecule has 0 bridgehead atoms. The van der Waals surface area contributed by atoms with Gasteiger partial charge in [0.1, 0.15) is 5.02 Å². The Morgan fingerprint density at radius 1 is 1.55 bits per heavy atom. The number of halogens is 1. The molecule has 1 aromatic carbocycles. The molecule has 0 aromatic heterocycles. The molecule has 1 aromatic rings. The fourth-order valence-corrected chi connectivity index (χ4v) is 2.14. The summed E-state index contributed by atoms with van der Waals surface area (Å²) in [5.41, 5.74) is -0.0560. The smallest absolute Gasteiger partial charge is 0.288 e. The van der Waals surface area contributed by atoms with Crippen molar-refractivity contribution in [2.45, 2.75) is 25.3 Å². The lowest BCUT2D eigenvalue weighted by molar-refractivity contribution is -0.384. The Morgan fingerprint density at radius 3 is 2.80 bits per heavy atom. The van der Waals surface area contributed by atoms with E-state index in [-0.39, 0.29) is 34.6 Å². The number of nitriles is 1. The maximum Gasteiger partial charge on any atom is 0.288 e. The van der Waals surface area contributed by atoms with Gasteiger partial charge in [-0.15, -0.1) is 0 Å². The van der Waals surface area contributed by atoms with E-state index in [1.54, 1.807) is 4.90 Å². The van der Waals surface area contributed by atoms with Crippen LogP contribution in [0.2, 0.25) is 5.02 Å². The molecule has 0 heterocycles. The van der Waals surface area contributed by atoms with Crippen LogP contribution >= 0.6 is 11.6 Å². The molecule has 6 nitrogen and oxygen atoms in total. The number of nitro benzene ring substituents is 1.